The molecule has 2 aromatic carbocycles. The van der Waals surface area contributed by atoms with Crippen LogP contribution in [0.4, 0.5) is 0 Å². The van der Waals surface area contributed by atoms with E-state index < -0.39 is 0 Å². The minimum absolute atomic E-state index is 0.0157. The Bertz CT molecular complexity index is 1200. The quantitative estimate of drug-likeness (QED) is 0.561. The van der Waals surface area contributed by atoms with Crippen LogP contribution in [0.5, 0.6) is 5.75 Å². The number of fused-ring (bicyclic) bond motifs is 3. The number of hydrogen-bond donors (Lipinski definition) is 1. The molecule has 4 aromatic rings. The van der Waals surface area contributed by atoms with Gasteiger partial charge in [0.15, 0.2) is 5.76 Å². The first-order valence-electron chi connectivity index (χ1n) is 9.48. The van der Waals surface area contributed by atoms with E-state index in [1.165, 1.54) is 11.1 Å². The lowest BCUT2D eigenvalue weighted by molar-refractivity contribution is 0.0906. The molecule has 1 aliphatic rings. The van der Waals surface area contributed by atoms with E-state index in [4.69, 9.17) is 9.15 Å². The van der Waals surface area contributed by atoms with E-state index in [2.05, 4.69) is 22.4 Å². The molecule has 1 N–H and O–H groups in total. The number of carbonyl (C=O) groups excluding carboxylic acids is 1. The zero-order chi connectivity index (χ0) is 19.1. The van der Waals surface area contributed by atoms with E-state index in [1.54, 1.807) is 13.2 Å². The van der Waals surface area contributed by atoms with Gasteiger partial charge in [0.05, 0.1) is 18.7 Å². The van der Waals surface area contributed by atoms with Crippen LogP contribution in [-0.4, -0.2) is 18.0 Å². The van der Waals surface area contributed by atoms with Crippen molar-refractivity contribution >= 4 is 27.9 Å². The van der Waals surface area contributed by atoms with E-state index >= 15 is 0 Å². The highest BCUT2D eigenvalue weighted by Gasteiger charge is 2.23. The summed E-state index contributed by atoms with van der Waals surface area (Å²) in [5.74, 6) is 0.847. The largest absolute Gasteiger partial charge is 0.497 e. The van der Waals surface area contributed by atoms with E-state index in [0.717, 1.165) is 41.3 Å². The Morgan fingerprint density at radius 2 is 2.04 bits per heavy atom. The minimum Gasteiger partial charge on any atom is -0.497 e. The number of aromatic nitrogens is 1. The maximum Gasteiger partial charge on any atom is 0.287 e. The van der Waals surface area contributed by atoms with Gasteiger partial charge in [-0.25, -0.2) is 4.98 Å². The molecule has 28 heavy (non-hydrogen) atoms. The van der Waals surface area contributed by atoms with Crippen LogP contribution in [0.2, 0.25) is 0 Å². The smallest absolute Gasteiger partial charge is 0.287 e. The number of aryl methyl sites for hydroxylation is 1. The van der Waals surface area contributed by atoms with Crippen molar-refractivity contribution in [2.75, 3.05) is 7.11 Å². The summed E-state index contributed by atoms with van der Waals surface area (Å²) in [4.78, 5) is 17.4. The number of benzene rings is 2. The van der Waals surface area contributed by atoms with E-state index in [0.29, 0.717) is 5.71 Å². The molecule has 1 aliphatic carbocycles. The SMILES string of the molecule is COc1ccc2nc3oc(C(=O)NC4CCCc5ccccc54)cc3cc2c1. The molecule has 0 bridgehead atoms. The third-order valence-electron chi connectivity index (χ3n) is 5.41. The molecule has 5 rings (SSSR count). The lowest BCUT2D eigenvalue weighted by Gasteiger charge is -2.25. The van der Waals surface area contributed by atoms with Crippen molar-refractivity contribution in [2.24, 2.45) is 0 Å². The number of ether oxygens (including phenoxy) is 1. The topological polar surface area (TPSA) is 64.4 Å². The lowest BCUT2D eigenvalue weighted by Crippen LogP contribution is -2.30. The Labute approximate surface area is 162 Å². The summed E-state index contributed by atoms with van der Waals surface area (Å²) in [6.07, 6.45) is 3.06. The summed E-state index contributed by atoms with van der Waals surface area (Å²) in [6, 6.07) is 17.7. The third kappa shape index (κ3) is 2.89. The number of methoxy groups -OCH3 is 1. The predicted octanol–water partition coefficient (Wildman–Crippen LogP) is 4.80. The van der Waals surface area contributed by atoms with Crippen molar-refractivity contribution in [3.63, 3.8) is 0 Å². The van der Waals surface area contributed by atoms with Gasteiger partial charge in [-0.15, -0.1) is 0 Å². The molecule has 140 valence electrons. The summed E-state index contributed by atoms with van der Waals surface area (Å²) in [5.41, 5.74) is 3.78. The highest BCUT2D eigenvalue weighted by molar-refractivity contribution is 5.98. The second-order valence-corrected chi connectivity index (χ2v) is 7.17. The maximum absolute atomic E-state index is 12.8. The minimum atomic E-state index is -0.207. The zero-order valence-corrected chi connectivity index (χ0v) is 15.6. The first kappa shape index (κ1) is 16.8. The summed E-state index contributed by atoms with van der Waals surface area (Å²) in [5, 5.41) is 4.88. The number of nitrogens with one attached hydrogen (secondary N) is 1. The molecule has 5 heteroatoms. The fraction of sp³-hybridized carbons (Fsp3) is 0.217. The van der Waals surface area contributed by atoms with E-state index in [-0.39, 0.29) is 17.7 Å². The zero-order valence-electron chi connectivity index (χ0n) is 15.6. The summed E-state index contributed by atoms with van der Waals surface area (Å²) in [6.45, 7) is 0. The highest BCUT2D eigenvalue weighted by Crippen LogP contribution is 2.30. The molecule has 5 nitrogen and oxygen atoms in total. The number of rotatable bonds is 3. The molecule has 2 aromatic heterocycles. The summed E-state index contributed by atoms with van der Waals surface area (Å²) in [7, 11) is 1.64. The second kappa shape index (κ2) is 6.68. The van der Waals surface area contributed by atoms with Crippen LogP contribution < -0.4 is 10.1 Å². The molecule has 1 unspecified atom stereocenters. The van der Waals surface area contributed by atoms with Gasteiger partial charge < -0.3 is 14.5 Å². The van der Waals surface area contributed by atoms with Crippen LogP contribution in [-0.2, 0) is 6.42 Å². The summed E-state index contributed by atoms with van der Waals surface area (Å²) < 4.78 is 11.0. The normalized spacial score (nSPS) is 16.1. The number of amides is 1. The van der Waals surface area contributed by atoms with Crippen LogP contribution in [0.25, 0.3) is 22.0 Å². The average molecular weight is 372 g/mol. The van der Waals surface area contributed by atoms with E-state index in [9.17, 15) is 4.79 Å². The number of hydrogen-bond acceptors (Lipinski definition) is 4. The number of pyridine rings is 1. The molecular formula is C23H20N2O3. The molecule has 0 saturated carbocycles. The van der Waals surface area contributed by atoms with Crippen molar-refractivity contribution in [3.8, 4) is 5.75 Å². The van der Waals surface area contributed by atoms with Gasteiger partial charge in [-0.05, 0) is 60.7 Å². The van der Waals surface area contributed by atoms with Crippen LogP contribution >= 0.6 is 0 Å². The average Bonchev–Trinajstić information content (AvgIpc) is 3.15. The molecule has 0 radical (unpaired) electrons. The molecule has 0 saturated heterocycles. The Kier molecular flexibility index (Phi) is 4.01. The molecule has 0 fully saturated rings. The molecule has 2 heterocycles. The van der Waals surface area contributed by atoms with Crippen LogP contribution in [0.1, 0.15) is 40.6 Å². The Morgan fingerprint density at radius 3 is 2.93 bits per heavy atom. The van der Waals surface area contributed by atoms with Gasteiger partial charge in [0.25, 0.3) is 5.91 Å². The van der Waals surface area contributed by atoms with E-state index in [1.807, 2.05) is 36.4 Å². The molecule has 0 aliphatic heterocycles. The standard InChI is InChI=1S/C23H20N2O3/c1-27-17-9-10-19-15(12-17)11-16-13-21(28-23(16)25-19)22(26)24-20-8-4-6-14-5-2-3-7-18(14)20/h2-3,5,7,9-13,20H,4,6,8H2,1H3,(H,24,26). The Balaban J connectivity index is 1.46. The van der Waals surface area contributed by atoms with Gasteiger partial charge in [0, 0.05) is 10.8 Å². The van der Waals surface area contributed by atoms with Crippen LogP contribution in [0, 0.1) is 0 Å². The predicted molar refractivity (Wildman–Crippen MR) is 108 cm³/mol. The van der Waals surface area contributed by atoms with Crippen molar-refractivity contribution in [2.45, 2.75) is 25.3 Å². The van der Waals surface area contributed by atoms with Crippen LogP contribution in [0.15, 0.2) is 59.0 Å². The Morgan fingerprint density at radius 1 is 1.14 bits per heavy atom. The van der Waals surface area contributed by atoms with Crippen LogP contribution in [0.3, 0.4) is 0 Å². The Hall–Kier alpha value is -3.34. The molecule has 1 amide bonds. The van der Waals surface area contributed by atoms with Crippen molar-refractivity contribution in [1.82, 2.24) is 10.3 Å². The molecule has 0 spiro atoms. The van der Waals surface area contributed by atoms with Gasteiger partial charge in [0.1, 0.15) is 5.75 Å². The lowest BCUT2D eigenvalue weighted by atomic mass is 9.88. The fourth-order valence-electron chi connectivity index (χ4n) is 3.99. The maximum atomic E-state index is 12.8. The number of carbonyl (C=O) groups is 1. The molecular weight excluding hydrogens is 352 g/mol. The second-order valence-electron chi connectivity index (χ2n) is 7.17. The first-order valence-corrected chi connectivity index (χ1v) is 9.48. The number of nitrogens with zero attached hydrogens (tertiary/aromatic N) is 1. The monoisotopic (exact) mass is 372 g/mol. The third-order valence-corrected chi connectivity index (χ3v) is 5.41. The van der Waals surface area contributed by atoms with Gasteiger partial charge in [-0.2, -0.15) is 0 Å². The number of furan rings is 1. The van der Waals surface area contributed by atoms with Gasteiger partial charge in [-0.1, -0.05) is 24.3 Å². The van der Waals surface area contributed by atoms with Gasteiger partial charge in [0.2, 0.25) is 5.71 Å². The fourth-order valence-corrected chi connectivity index (χ4v) is 3.99. The first-order chi connectivity index (χ1) is 13.7. The molecule has 1 atom stereocenters. The van der Waals surface area contributed by atoms with Gasteiger partial charge >= 0.3 is 0 Å². The van der Waals surface area contributed by atoms with Crippen molar-refractivity contribution < 1.29 is 13.9 Å². The van der Waals surface area contributed by atoms with Gasteiger partial charge in [-0.3, -0.25) is 4.79 Å². The summed E-state index contributed by atoms with van der Waals surface area (Å²) >= 11 is 0. The van der Waals surface area contributed by atoms with Crippen molar-refractivity contribution in [3.05, 3.63) is 71.5 Å². The van der Waals surface area contributed by atoms with Crippen molar-refractivity contribution in [1.29, 1.82) is 0 Å². The highest BCUT2D eigenvalue weighted by atomic mass is 16.5.